The van der Waals surface area contributed by atoms with E-state index in [4.69, 9.17) is 14.9 Å². The smallest absolute Gasteiger partial charge is 0.326 e. The van der Waals surface area contributed by atoms with E-state index in [-0.39, 0.29) is 12.8 Å². The van der Waals surface area contributed by atoms with Gasteiger partial charge in [0.05, 0.1) is 6.61 Å². The Morgan fingerprint density at radius 2 is 2.00 bits per heavy atom. The minimum Gasteiger partial charge on any atom is -0.481 e. The van der Waals surface area contributed by atoms with Crippen molar-refractivity contribution < 1.29 is 29.3 Å². The van der Waals surface area contributed by atoms with Crippen molar-refractivity contribution in [3.8, 4) is 0 Å². The molecular weight excluding hydrogens is 280 g/mol. The van der Waals surface area contributed by atoms with Gasteiger partial charge in [0.2, 0.25) is 0 Å². The van der Waals surface area contributed by atoms with Crippen LogP contribution in [0, 0.1) is 5.92 Å². The third-order valence-electron chi connectivity index (χ3n) is 3.21. The van der Waals surface area contributed by atoms with Crippen LogP contribution < -0.4 is 5.32 Å². The Bertz CT molecular complexity index is 383. The fourth-order valence-corrected chi connectivity index (χ4v) is 1.62. The maximum absolute atomic E-state index is 11.8. The zero-order chi connectivity index (χ0) is 15.8. The van der Waals surface area contributed by atoms with Crippen LogP contribution in [-0.4, -0.2) is 65.9 Å². The van der Waals surface area contributed by atoms with Gasteiger partial charge in [-0.15, -0.1) is 0 Å². The van der Waals surface area contributed by atoms with Crippen LogP contribution in [0.3, 0.4) is 0 Å². The number of aliphatic carboxylic acids is 2. The van der Waals surface area contributed by atoms with Crippen LogP contribution in [0.15, 0.2) is 0 Å². The Balaban J connectivity index is 2.25. The Hall–Kier alpha value is -1.83. The number of carbonyl (C=O) groups excluding carboxylic acids is 1. The summed E-state index contributed by atoms with van der Waals surface area (Å²) < 4.78 is 5.39. The van der Waals surface area contributed by atoms with Crippen LogP contribution in [0.5, 0.6) is 0 Å². The van der Waals surface area contributed by atoms with E-state index in [9.17, 15) is 14.4 Å². The third-order valence-corrected chi connectivity index (χ3v) is 3.21. The van der Waals surface area contributed by atoms with Crippen LogP contribution >= 0.6 is 0 Å². The highest BCUT2D eigenvalue weighted by atomic mass is 16.5. The van der Waals surface area contributed by atoms with Crippen molar-refractivity contribution in [1.82, 2.24) is 10.2 Å². The van der Waals surface area contributed by atoms with E-state index in [2.05, 4.69) is 5.32 Å². The number of carboxylic acid groups (broad SMARTS) is 2. The molecule has 2 amide bonds. The van der Waals surface area contributed by atoms with E-state index in [1.54, 1.807) is 0 Å². The second kappa shape index (κ2) is 8.46. The number of urea groups is 1. The highest BCUT2D eigenvalue weighted by Gasteiger charge is 2.23. The number of amides is 2. The van der Waals surface area contributed by atoms with E-state index < -0.39 is 24.0 Å². The molecule has 1 aliphatic rings. The normalized spacial score (nSPS) is 15.3. The van der Waals surface area contributed by atoms with Crippen LogP contribution in [-0.2, 0) is 14.3 Å². The molecule has 0 spiro atoms. The van der Waals surface area contributed by atoms with E-state index >= 15 is 0 Å². The quantitative estimate of drug-likeness (QED) is 0.502. The maximum atomic E-state index is 11.8. The lowest BCUT2D eigenvalue weighted by molar-refractivity contribution is -0.140. The van der Waals surface area contributed by atoms with Crippen LogP contribution in [0.4, 0.5) is 4.79 Å². The average molecular weight is 302 g/mol. The molecule has 0 aliphatic heterocycles. The predicted molar refractivity (Wildman–Crippen MR) is 73.0 cm³/mol. The highest BCUT2D eigenvalue weighted by molar-refractivity contribution is 5.82. The number of carbonyl (C=O) groups is 3. The first-order valence-corrected chi connectivity index (χ1v) is 6.94. The van der Waals surface area contributed by atoms with Crippen molar-refractivity contribution >= 4 is 18.0 Å². The van der Waals surface area contributed by atoms with Crippen molar-refractivity contribution in [3.05, 3.63) is 0 Å². The lowest BCUT2D eigenvalue weighted by atomic mass is 10.1. The highest BCUT2D eigenvalue weighted by Crippen LogP contribution is 2.28. The molecule has 1 atom stereocenters. The minimum atomic E-state index is -1.25. The van der Waals surface area contributed by atoms with Gasteiger partial charge in [-0.1, -0.05) is 0 Å². The minimum absolute atomic E-state index is 0.150. The molecule has 1 rings (SSSR count). The second-order valence-corrected chi connectivity index (χ2v) is 5.21. The van der Waals surface area contributed by atoms with Gasteiger partial charge in [-0.3, -0.25) is 4.79 Å². The van der Waals surface area contributed by atoms with Crippen LogP contribution in [0.2, 0.25) is 0 Å². The molecule has 0 bridgehead atoms. The number of hydrogen-bond acceptors (Lipinski definition) is 4. The molecule has 120 valence electrons. The van der Waals surface area contributed by atoms with Gasteiger partial charge in [0, 0.05) is 26.6 Å². The van der Waals surface area contributed by atoms with Crippen molar-refractivity contribution in [1.29, 1.82) is 0 Å². The lowest BCUT2D eigenvalue weighted by Crippen LogP contribution is -2.47. The van der Waals surface area contributed by atoms with Gasteiger partial charge in [-0.25, -0.2) is 9.59 Å². The predicted octanol–water partition coefficient (Wildman–Crippen LogP) is 0.372. The largest absolute Gasteiger partial charge is 0.481 e. The van der Waals surface area contributed by atoms with Crippen molar-refractivity contribution in [2.24, 2.45) is 5.92 Å². The molecule has 8 nitrogen and oxygen atoms in total. The summed E-state index contributed by atoms with van der Waals surface area (Å²) in [5.74, 6) is -1.70. The van der Waals surface area contributed by atoms with Gasteiger partial charge in [0.25, 0.3) is 0 Å². The fourth-order valence-electron chi connectivity index (χ4n) is 1.62. The van der Waals surface area contributed by atoms with Gasteiger partial charge in [-0.05, 0) is 25.2 Å². The Kier molecular flexibility index (Phi) is 6.93. The number of nitrogens with zero attached hydrogens (tertiary/aromatic N) is 1. The Labute approximate surface area is 123 Å². The molecule has 0 aromatic rings. The SMILES string of the molecule is CN(CCOCC1CC1)C(=O)NC(CCC(=O)O)C(=O)O. The molecule has 8 heteroatoms. The molecule has 0 saturated heterocycles. The molecule has 0 heterocycles. The standard InChI is InChI=1S/C13H22N2O6/c1-15(6-7-21-8-9-2-3-9)13(20)14-10(12(18)19)4-5-11(16)17/h9-10H,2-8H2,1H3,(H,14,20)(H,16,17)(H,18,19). The molecule has 1 fully saturated rings. The molecule has 21 heavy (non-hydrogen) atoms. The zero-order valence-electron chi connectivity index (χ0n) is 12.1. The van der Waals surface area contributed by atoms with Crippen LogP contribution in [0.1, 0.15) is 25.7 Å². The Morgan fingerprint density at radius 1 is 1.33 bits per heavy atom. The van der Waals surface area contributed by atoms with Gasteiger partial charge in [-0.2, -0.15) is 0 Å². The summed E-state index contributed by atoms with van der Waals surface area (Å²) >= 11 is 0. The molecule has 0 aromatic carbocycles. The summed E-state index contributed by atoms with van der Waals surface area (Å²) in [7, 11) is 1.53. The van der Waals surface area contributed by atoms with Crippen molar-refractivity contribution in [3.63, 3.8) is 0 Å². The monoisotopic (exact) mass is 302 g/mol. The van der Waals surface area contributed by atoms with Gasteiger partial charge < -0.3 is 25.2 Å². The van der Waals surface area contributed by atoms with Crippen LogP contribution in [0.25, 0.3) is 0 Å². The third kappa shape index (κ3) is 7.50. The maximum Gasteiger partial charge on any atom is 0.326 e. The van der Waals surface area contributed by atoms with E-state index in [0.717, 1.165) is 0 Å². The first kappa shape index (κ1) is 17.2. The summed E-state index contributed by atoms with van der Waals surface area (Å²) in [6, 6.07) is -1.76. The number of hydrogen-bond donors (Lipinski definition) is 3. The van der Waals surface area contributed by atoms with E-state index in [0.29, 0.717) is 25.7 Å². The average Bonchev–Trinajstić information content (AvgIpc) is 3.22. The number of carboxylic acids is 2. The first-order valence-electron chi connectivity index (χ1n) is 6.94. The summed E-state index contributed by atoms with van der Waals surface area (Å²) in [4.78, 5) is 34.5. The topological polar surface area (TPSA) is 116 Å². The van der Waals surface area contributed by atoms with Gasteiger partial charge >= 0.3 is 18.0 Å². The summed E-state index contributed by atoms with van der Waals surface area (Å²) in [5, 5.41) is 19.8. The number of ether oxygens (including phenoxy) is 1. The van der Waals surface area contributed by atoms with Crippen molar-refractivity contribution in [2.45, 2.75) is 31.7 Å². The zero-order valence-corrected chi connectivity index (χ0v) is 12.1. The van der Waals surface area contributed by atoms with Crippen molar-refractivity contribution in [2.75, 3.05) is 26.8 Å². The van der Waals surface area contributed by atoms with E-state index in [1.807, 2.05) is 0 Å². The second-order valence-electron chi connectivity index (χ2n) is 5.21. The number of rotatable bonds is 10. The number of likely N-dealkylation sites (N-methyl/N-ethyl adjacent to an activating group) is 1. The summed E-state index contributed by atoms with van der Waals surface area (Å²) in [5.41, 5.74) is 0. The fraction of sp³-hybridized carbons (Fsp3) is 0.769. The molecule has 0 aromatic heterocycles. The molecule has 1 aliphatic carbocycles. The van der Waals surface area contributed by atoms with Gasteiger partial charge in [0.1, 0.15) is 6.04 Å². The lowest BCUT2D eigenvalue weighted by Gasteiger charge is -2.21. The molecular formula is C13H22N2O6. The molecule has 3 N–H and O–H groups in total. The molecule has 0 radical (unpaired) electrons. The Morgan fingerprint density at radius 3 is 2.52 bits per heavy atom. The van der Waals surface area contributed by atoms with E-state index in [1.165, 1.54) is 24.8 Å². The first-order chi connectivity index (χ1) is 9.90. The summed E-state index contributed by atoms with van der Waals surface area (Å²) in [6.07, 6.45) is 1.92. The molecule has 1 saturated carbocycles. The van der Waals surface area contributed by atoms with Gasteiger partial charge in [0.15, 0.2) is 0 Å². The summed E-state index contributed by atoms with van der Waals surface area (Å²) in [6.45, 7) is 1.45. The molecule has 1 unspecified atom stereocenters. The number of nitrogens with one attached hydrogen (secondary N) is 1.